The smallest absolute Gasteiger partial charge is 0.255 e. The molecule has 1 fully saturated rings. The zero-order valence-corrected chi connectivity index (χ0v) is 11.4. The van der Waals surface area contributed by atoms with Gasteiger partial charge < -0.3 is 16.3 Å². The summed E-state index contributed by atoms with van der Waals surface area (Å²) in [7, 11) is 0. The molecule has 0 aliphatic heterocycles. The number of oxime groups is 1. The summed E-state index contributed by atoms with van der Waals surface area (Å²) in [5, 5.41) is 19.1. The number of carbonyl (C=O) groups is 1. The standard InChI is InChI=1S/C13H16N6O2/c14-12(18-21)13(3-1-2-4-13)17-11(20)9-7-16-19-6-5-15-8-10(9)19/h5-8,21H,1-4H2,(H2,14,18)(H,17,20). The Morgan fingerprint density at radius 1 is 1.43 bits per heavy atom. The van der Waals surface area contributed by atoms with Gasteiger partial charge in [0.25, 0.3) is 5.91 Å². The van der Waals surface area contributed by atoms with Gasteiger partial charge in [-0.2, -0.15) is 5.10 Å². The Morgan fingerprint density at radius 2 is 2.19 bits per heavy atom. The molecule has 2 aromatic rings. The fourth-order valence-corrected chi connectivity index (χ4v) is 2.81. The van der Waals surface area contributed by atoms with Gasteiger partial charge >= 0.3 is 0 Å². The number of carbonyl (C=O) groups excluding carboxylic acids is 1. The molecule has 0 saturated heterocycles. The highest BCUT2D eigenvalue weighted by atomic mass is 16.4. The summed E-state index contributed by atoms with van der Waals surface area (Å²) < 4.78 is 1.58. The van der Waals surface area contributed by atoms with Crippen molar-refractivity contribution in [2.24, 2.45) is 10.9 Å². The monoisotopic (exact) mass is 288 g/mol. The molecular formula is C13H16N6O2. The van der Waals surface area contributed by atoms with Crippen LogP contribution in [0.1, 0.15) is 36.0 Å². The summed E-state index contributed by atoms with van der Waals surface area (Å²) in [6, 6.07) is 0. The average molecular weight is 288 g/mol. The van der Waals surface area contributed by atoms with Crippen LogP contribution in [0.2, 0.25) is 0 Å². The van der Waals surface area contributed by atoms with Crippen LogP contribution in [-0.2, 0) is 0 Å². The molecule has 0 spiro atoms. The summed E-state index contributed by atoms with van der Waals surface area (Å²) in [6.07, 6.45) is 9.49. The minimum atomic E-state index is -0.775. The van der Waals surface area contributed by atoms with Gasteiger partial charge in [-0.3, -0.25) is 9.78 Å². The molecule has 4 N–H and O–H groups in total. The third-order valence-corrected chi connectivity index (χ3v) is 3.98. The van der Waals surface area contributed by atoms with Gasteiger partial charge in [0.1, 0.15) is 5.54 Å². The average Bonchev–Trinajstić information content (AvgIpc) is 3.13. The third kappa shape index (κ3) is 2.18. The van der Waals surface area contributed by atoms with E-state index in [0.29, 0.717) is 23.9 Å². The molecular weight excluding hydrogens is 272 g/mol. The van der Waals surface area contributed by atoms with Gasteiger partial charge in [-0.15, -0.1) is 0 Å². The van der Waals surface area contributed by atoms with Crippen LogP contribution >= 0.6 is 0 Å². The molecule has 1 saturated carbocycles. The second-order valence-corrected chi connectivity index (χ2v) is 5.19. The highest BCUT2D eigenvalue weighted by Crippen LogP contribution is 2.30. The first-order valence-electron chi connectivity index (χ1n) is 6.74. The van der Waals surface area contributed by atoms with E-state index in [9.17, 15) is 4.79 Å². The SMILES string of the molecule is N/C(=N/O)C1(NC(=O)c2cnn3ccncc23)CCCC1. The van der Waals surface area contributed by atoms with E-state index >= 15 is 0 Å². The number of fused-ring (bicyclic) bond motifs is 1. The largest absolute Gasteiger partial charge is 0.409 e. The molecule has 1 aliphatic carbocycles. The topological polar surface area (TPSA) is 118 Å². The number of hydrogen-bond donors (Lipinski definition) is 3. The second kappa shape index (κ2) is 5.04. The fraction of sp³-hybridized carbons (Fsp3) is 0.385. The number of nitrogens with one attached hydrogen (secondary N) is 1. The predicted molar refractivity (Wildman–Crippen MR) is 75.1 cm³/mol. The zero-order chi connectivity index (χ0) is 14.9. The van der Waals surface area contributed by atoms with Crippen LogP contribution in [0.4, 0.5) is 0 Å². The summed E-state index contributed by atoms with van der Waals surface area (Å²) in [5.41, 5.74) is 6.03. The minimum Gasteiger partial charge on any atom is -0.409 e. The minimum absolute atomic E-state index is 0.0444. The van der Waals surface area contributed by atoms with E-state index < -0.39 is 5.54 Å². The molecule has 0 unspecified atom stereocenters. The van der Waals surface area contributed by atoms with Crippen LogP contribution in [0.25, 0.3) is 5.52 Å². The Morgan fingerprint density at radius 3 is 2.90 bits per heavy atom. The van der Waals surface area contributed by atoms with E-state index in [2.05, 4.69) is 20.6 Å². The van der Waals surface area contributed by atoms with E-state index in [4.69, 9.17) is 10.9 Å². The number of amidine groups is 1. The summed E-state index contributed by atoms with van der Waals surface area (Å²) in [5.74, 6) is -0.255. The fourth-order valence-electron chi connectivity index (χ4n) is 2.81. The summed E-state index contributed by atoms with van der Waals surface area (Å²) >= 11 is 0. The quantitative estimate of drug-likeness (QED) is 0.329. The number of hydrogen-bond acceptors (Lipinski definition) is 5. The highest BCUT2D eigenvalue weighted by Gasteiger charge is 2.40. The van der Waals surface area contributed by atoms with Crippen LogP contribution in [0.3, 0.4) is 0 Å². The van der Waals surface area contributed by atoms with Crippen molar-refractivity contribution in [1.82, 2.24) is 19.9 Å². The van der Waals surface area contributed by atoms with Crippen molar-refractivity contribution in [3.8, 4) is 0 Å². The first-order valence-corrected chi connectivity index (χ1v) is 6.74. The summed E-state index contributed by atoms with van der Waals surface area (Å²) in [6.45, 7) is 0. The van der Waals surface area contributed by atoms with Crippen LogP contribution in [0, 0.1) is 0 Å². The van der Waals surface area contributed by atoms with Crippen molar-refractivity contribution in [2.75, 3.05) is 0 Å². The maximum atomic E-state index is 12.5. The molecule has 21 heavy (non-hydrogen) atoms. The lowest BCUT2D eigenvalue weighted by Crippen LogP contribution is -2.55. The van der Waals surface area contributed by atoms with Crippen molar-refractivity contribution < 1.29 is 10.0 Å². The molecule has 2 aromatic heterocycles. The van der Waals surface area contributed by atoms with Crippen molar-refractivity contribution in [3.05, 3.63) is 30.4 Å². The molecule has 2 heterocycles. The number of nitrogens with zero attached hydrogens (tertiary/aromatic N) is 4. The normalized spacial score (nSPS) is 18.0. The second-order valence-electron chi connectivity index (χ2n) is 5.19. The maximum absolute atomic E-state index is 12.5. The van der Waals surface area contributed by atoms with E-state index in [0.717, 1.165) is 12.8 Å². The lowest BCUT2D eigenvalue weighted by molar-refractivity contribution is 0.0924. The number of amides is 1. The Kier molecular flexibility index (Phi) is 3.20. The molecule has 8 nitrogen and oxygen atoms in total. The van der Waals surface area contributed by atoms with Crippen molar-refractivity contribution in [1.29, 1.82) is 0 Å². The first-order chi connectivity index (χ1) is 10.2. The number of aromatic nitrogens is 3. The third-order valence-electron chi connectivity index (χ3n) is 3.98. The molecule has 1 amide bonds. The van der Waals surface area contributed by atoms with Gasteiger partial charge in [0.05, 0.1) is 23.5 Å². The Labute approximate surface area is 120 Å². The summed E-state index contributed by atoms with van der Waals surface area (Å²) in [4.78, 5) is 16.5. The van der Waals surface area contributed by atoms with Gasteiger partial charge in [0, 0.05) is 12.4 Å². The van der Waals surface area contributed by atoms with Gasteiger partial charge in [-0.1, -0.05) is 18.0 Å². The molecule has 3 rings (SSSR count). The molecule has 0 bridgehead atoms. The van der Waals surface area contributed by atoms with E-state index in [-0.39, 0.29) is 11.7 Å². The van der Waals surface area contributed by atoms with Gasteiger partial charge in [-0.05, 0) is 12.8 Å². The van der Waals surface area contributed by atoms with Gasteiger partial charge in [0.2, 0.25) is 0 Å². The van der Waals surface area contributed by atoms with Crippen LogP contribution in [-0.4, -0.2) is 37.1 Å². The van der Waals surface area contributed by atoms with E-state index in [1.54, 1.807) is 23.1 Å². The predicted octanol–water partition coefficient (Wildman–Crippen LogP) is 0.518. The molecule has 1 aliphatic rings. The van der Waals surface area contributed by atoms with E-state index in [1.807, 2.05) is 0 Å². The van der Waals surface area contributed by atoms with Crippen molar-refractivity contribution >= 4 is 17.3 Å². The maximum Gasteiger partial charge on any atom is 0.255 e. The van der Waals surface area contributed by atoms with Gasteiger partial charge in [0.15, 0.2) is 5.84 Å². The zero-order valence-electron chi connectivity index (χ0n) is 11.4. The molecule has 8 heteroatoms. The Balaban J connectivity index is 1.92. The molecule has 0 radical (unpaired) electrons. The van der Waals surface area contributed by atoms with Crippen molar-refractivity contribution in [2.45, 2.75) is 31.2 Å². The van der Waals surface area contributed by atoms with Crippen LogP contribution in [0.5, 0.6) is 0 Å². The molecule has 0 atom stereocenters. The van der Waals surface area contributed by atoms with E-state index in [1.165, 1.54) is 6.20 Å². The number of rotatable bonds is 3. The Hall–Kier alpha value is -2.64. The van der Waals surface area contributed by atoms with Crippen LogP contribution in [0.15, 0.2) is 29.9 Å². The van der Waals surface area contributed by atoms with Crippen molar-refractivity contribution in [3.63, 3.8) is 0 Å². The number of nitrogens with two attached hydrogens (primary N) is 1. The molecule has 110 valence electrons. The Bertz CT molecular complexity index is 702. The first kappa shape index (κ1) is 13.3. The lowest BCUT2D eigenvalue weighted by Gasteiger charge is -2.28. The molecule has 0 aromatic carbocycles. The van der Waals surface area contributed by atoms with Gasteiger partial charge in [-0.25, -0.2) is 4.52 Å². The highest BCUT2D eigenvalue weighted by molar-refractivity contribution is 6.04. The lowest BCUT2D eigenvalue weighted by atomic mass is 9.95. The van der Waals surface area contributed by atoms with Crippen LogP contribution < -0.4 is 11.1 Å².